The number of pyridine rings is 1. The van der Waals surface area contributed by atoms with Gasteiger partial charge in [0.2, 0.25) is 5.91 Å². The van der Waals surface area contributed by atoms with Gasteiger partial charge in [0.25, 0.3) is 0 Å². The average Bonchev–Trinajstić information content (AvgIpc) is 2.62. The van der Waals surface area contributed by atoms with Gasteiger partial charge < -0.3 is 10.6 Å². The minimum atomic E-state index is -0.398. The first-order valence-corrected chi connectivity index (χ1v) is 7.90. The van der Waals surface area contributed by atoms with E-state index in [9.17, 15) is 4.79 Å². The lowest BCUT2D eigenvalue weighted by atomic mass is 10.2. The van der Waals surface area contributed by atoms with Gasteiger partial charge in [-0.05, 0) is 38.1 Å². The van der Waals surface area contributed by atoms with E-state index in [0.29, 0.717) is 18.2 Å². The van der Waals surface area contributed by atoms with Crippen LogP contribution < -0.4 is 10.6 Å². The number of carbonyl (C=O) groups is 1. The summed E-state index contributed by atoms with van der Waals surface area (Å²) in [5.74, 6) is 1.15. The van der Waals surface area contributed by atoms with Crippen LogP contribution in [0.5, 0.6) is 0 Å². The van der Waals surface area contributed by atoms with E-state index >= 15 is 0 Å². The van der Waals surface area contributed by atoms with Crippen molar-refractivity contribution in [2.45, 2.75) is 19.9 Å². The maximum absolute atomic E-state index is 12.0. The number of carbonyl (C=O) groups excluding carboxylic acids is 1. The lowest BCUT2D eigenvalue weighted by Crippen LogP contribution is -2.37. The van der Waals surface area contributed by atoms with Crippen LogP contribution in [0.25, 0.3) is 22.3 Å². The fourth-order valence-corrected chi connectivity index (χ4v) is 2.41. The molecular weight excluding hydrogens is 302 g/mol. The van der Waals surface area contributed by atoms with Crippen molar-refractivity contribution in [3.63, 3.8) is 0 Å². The SMILES string of the molecule is CCNC(=O)[C@H](C)Nc1nc(-c2cccnc2)nc2ccccc12. The molecule has 0 aliphatic carbocycles. The largest absolute Gasteiger partial charge is 0.358 e. The van der Waals surface area contributed by atoms with E-state index in [2.05, 4.69) is 25.6 Å². The van der Waals surface area contributed by atoms with Crippen molar-refractivity contribution in [2.75, 3.05) is 11.9 Å². The molecule has 6 heteroatoms. The summed E-state index contributed by atoms with van der Waals surface area (Å²) in [4.78, 5) is 25.3. The molecule has 1 aromatic carbocycles. The van der Waals surface area contributed by atoms with Crippen LogP contribution in [0.3, 0.4) is 0 Å². The number of likely N-dealkylation sites (N-methyl/N-ethyl adjacent to an activating group) is 1. The number of rotatable bonds is 5. The summed E-state index contributed by atoms with van der Waals surface area (Å²) < 4.78 is 0. The van der Waals surface area contributed by atoms with Gasteiger partial charge in [-0.1, -0.05) is 12.1 Å². The third-order valence-electron chi connectivity index (χ3n) is 3.62. The Morgan fingerprint density at radius 2 is 2.00 bits per heavy atom. The summed E-state index contributed by atoms with van der Waals surface area (Å²) in [6.45, 7) is 4.30. The van der Waals surface area contributed by atoms with Crippen molar-refractivity contribution in [3.05, 3.63) is 48.8 Å². The summed E-state index contributed by atoms with van der Waals surface area (Å²) in [5.41, 5.74) is 1.65. The molecule has 0 unspecified atom stereocenters. The van der Waals surface area contributed by atoms with Gasteiger partial charge in [-0.15, -0.1) is 0 Å². The maximum atomic E-state index is 12.0. The second-order valence-corrected chi connectivity index (χ2v) is 5.42. The lowest BCUT2D eigenvalue weighted by Gasteiger charge is -2.16. The van der Waals surface area contributed by atoms with Crippen molar-refractivity contribution < 1.29 is 4.79 Å². The van der Waals surface area contributed by atoms with Crippen molar-refractivity contribution in [3.8, 4) is 11.4 Å². The number of nitrogens with zero attached hydrogens (tertiary/aromatic N) is 3. The molecule has 6 nitrogen and oxygen atoms in total. The summed E-state index contributed by atoms with van der Waals surface area (Å²) >= 11 is 0. The molecule has 0 bridgehead atoms. The molecule has 1 atom stereocenters. The lowest BCUT2D eigenvalue weighted by molar-refractivity contribution is -0.121. The topological polar surface area (TPSA) is 79.8 Å². The molecule has 2 heterocycles. The summed E-state index contributed by atoms with van der Waals surface area (Å²) in [6, 6.07) is 11.1. The number of aromatic nitrogens is 3. The highest BCUT2D eigenvalue weighted by molar-refractivity contribution is 5.93. The number of anilines is 1. The normalized spacial score (nSPS) is 11.9. The second-order valence-electron chi connectivity index (χ2n) is 5.42. The van der Waals surface area contributed by atoms with Gasteiger partial charge >= 0.3 is 0 Å². The van der Waals surface area contributed by atoms with E-state index in [1.54, 1.807) is 12.4 Å². The zero-order valence-corrected chi connectivity index (χ0v) is 13.7. The third kappa shape index (κ3) is 3.32. The van der Waals surface area contributed by atoms with Gasteiger partial charge in [0.1, 0.15) is 11.9 Å². The van der Waals surface area contributed by atoms with E-state index in [1.807, 2.05) is 50.2 Å². The Morgan fingerprint density at radius 3 is 2.75 bits per heavy atom. The van der Waals surface area contributed by atoms with E-state index in [-0.39, 0.29) is 5.91 Å². The van der Waals surface area contributed by atoms with Gasteiger partial charge in [-0.3, -0.25) is 9.78 Å². The molecule has 3 rings (SSSR count). The fourth-order valence-electron chi connectivity index (χ4n) is 2.41. The van der Waals surface area contributed by atoms with Crippen molar-refractivity contribution in [1.82, 2.24) is 20.3 Å². The molecule has 3 aromatic rings. The molecule has 24 heavy (non-hydrogen) atoms. The molecule has 0 aliphatic rings. The van der Waals surface area contributed by atoms with Crippen LogP contribution in [0.2, 0.25) is 0 Å². The Balaban J connectivity index is 2.03. The second kappa shape index (κ2) is 7.04. The summed E-state index contributed by atoms with van der Waals surface area (Å²) in [5, 5.41) is 6.88. The van der Waals surface area contributed by atoms with Gasteiger partial charge in [0.05, 0.1) is 5.52 Å². The zero-order valence-electron chi connectivity index (χ0n) is 13.7. The number of benzene rings is 1. The minimum Gasteiger partial charge on any atom is -0.358 e. The molecule has 0 fully saturated rings. The van der Waals surface area contributed by atoms with Crippen molar-refractivity contribution in [2.24, 2.45) is 0 Å². The average molecular weight is 321 g/mol. The van der Waals surface area contributed by atoms with Crippen molar-refractivity contribution >= 4 is 22.6 Å². The Hall–Kier alpha value is -3.02. The highest BCUT2D eigenvalue weighted by Crippen LogP contribution is 2.24. The molecule has 1 amide bonds. The van der Waals surface area contributed by atoms with E-state index in [4.69, 9.17) is 0 Å². The molecule has 0 saturated carbocycles. The summed E-state index contributed by atoms with van der Waals surface area (Å²) in [6.07, 6.45) is 3.43. The Labute approximate surface area is 140 Å². The molecule has 0 spiro atoms. The monoisotopic (exact) mass is 321 g/mol. The molecule has 122 valence electrons. The van der Waals surface area contributed by atoms with Crippen LogP contribution in [0.15, 0.2) is 48.8 Å². The number of hydrogen-bond acceptors (Lipinski definition) is 5. The number of para-hydroxylation sites is 1. The van der Waals surface area contributed by atoms with Gasteiger partial charge in [-0.25, -0.2) is 9.97 Å². The molecular formula is C18H19N5O. The molecule has 0 saturated heterocycles. The first-order valence-electron chi connectivity index (χ1n) is 7.90. The quantitative estimate of drug-likeness (QED) is 0.755. The van der Waals surface area contributed by atoms with E-state index < -0.39 is 6.04 Å². The maximum Gasteiger partial charge on any atom is 0.242 e. The smallest absolute Gasteiger partial charge is 0.242 e. The van der Waals surface area contributed by atoms with Gasteiger partial charge in [0, 0.05) is 29.9 Å². The highest BCUT2D eigenvalue weighted by Gasteiger charge is 2.15. The number of nitrogens with one attached hydrogen (secondary N) is 2. The van der Waals surface area contributed by atoms with Crippen LogP contribution >= 0.6 is 0 Å². The predicted octanol–water partition coefficient (Wildman–Crippen LogP) is 2.63. The summed E-state index contributed by atoms with van der Waals surface area (Å²) in [7, 11) is 0. The number of amides is 1. The standard InChI is InChI=1S/C18H19N5O/c1-3-20-18(24)12(2)21-17-14-8-4-5-9-15(14)22-16(23-17)13-7-6-10-19-11-13/h4-12H,3H2,1-2H3,(H,20,24)(H,21,22,23)/t12-/m0/s1. The van der Waals surface area contributed by atoms with Crippen LogP contribution in [-0.2, 0) is 4.79 Å². The van der Waals surface area contributed by atoms with Crippen LogP contribution in [0.1, 0.15) is 13.8 Å². The van der Waals surface area contributed by atoms with E-state index in [1.165, 1.54) is 0 Å². The molecule has 2 N–H and O–H groups in total. The predicted molar refractivity (Wildman–Crippen MR) is 94.5 cm³/mol. The number of fused-ring (bicyclic) bond motifs is 1. The van der Waals surface area contributed by atoms with Gasteiger partial charge in [-0.2, -0.15) is 0 Å². The minimum absolute atomic E-state index is 0.0666. The first kappa shape index (κ1) is 15.9. The van der Waals surface area contributed by atoms with Crippen LogP contribution in [0, 0.1) is 0 Å². The van der Waals surface area contributed by atoms with Crippen LogP contribution in [0.4, 0.5) is 5.82 Å². The molecule has 2 aromatic heterocycles. The molecule has 0 aliphatic heterocycles. The zero-order chi connectivity index (χ0) is 16.9. The highest BCUT2D eigenvalue weighted by atomic mass is 16.2. The first-order chi connectivity index (χ1) is 11.7. The third-order valence-corrected chi connectivity index (χ3v) is 3.62. The van der Waals surface area contributed by atoms with E-state index in [0.717, 1.165) is 16.5 Å². The fraction of sp³-hybridized carbons (Fsp3) is 0.222. The van der Waals surface area contributed by atoms with Gasteiger partial charge in [0.15, 0.2) is 5.82 Å². The number of hydrogen-bond donors (Lipinski definition) is 2. The Bertz CT molecular complexity index is 850. The van der Waals surface area contributed by atoms with Crippen molar-refractivity contribution in [1.29, 1.82) is 0 Å². The van der Waals surface area contributed by atoms with Crippen LogP contribution in [-0.4, -0.2) is 33.4 Å². The Kier molecular flexibility index (Phi) is 4.65. The Morgan fingerprint density at radius 1 is 1.17 bits per heavy atom. The molecule has 0 radical (unpaired) electrons.